The summed E-state index contributed by atoms with van der Waals surface area (Å²) in [5, 5.41) is 12.1. The molecule has 2 heterocycles. The van der Waals surface area contributed by atoms with Gasteiger partial charge in [0.1, 0.15) is 17.9 Å². The van der Waals surface area contributed by atoms with E-state index in [0.29, 0.717) is 29.7 Å². The second-order valence-corrected chi connectivity index (χ2v) is 6.76. The predicted octanol–water partition coefficient (Wildman–Crippen LogP) is 1.36. The van der Waals surface area contributed by atoms with E-state index in [-0.39, 0.29) is 24.2 Å². The van der Waals surface area contributed by atoms with Gasteiger partial charge in [0.15, 0.2) is 0 Å². The fourth-order valence-corrected chi connectivity index (χ4v) is 3.12. The first-order valence-electron chi connectivity index (χ1n) is 9.09. The van der Waals surface area contributed by atoms with Crippen LogP contribution in [-0.2, 0) is 16.1 Å². The van der Waals surface area contributed by atoms with Gasteiger partial charge >= 0.3 is 0 Å². The minimum atomic E-state index is -0.414. The molecule has 0 saturated heterocycles. The number of carbonyl (C=O) groups is 1. The van der Waals surface area contributed by atoms with Crippen molar-refractivity contribution in [1.82, 2.24) is 24.9 Å². The van der Waals surface area contributed by atoms with Gasteiger partial charge in [0.25, 0.3) is 5.56 Å². The average molecular weight is 385 g/mol. The van der Waals surface area contributed by atoms with Crippen LogP contribution >= 0.6 is 0 Å². The van der Waals surface area contributed by atoms with E-state index in [2.05, 4.69) is 15.5 Å². The molecule has 3 aromatic rings. The number of ether oxygens (including phenoxy) is 1. The summed E-state index contributed by atoms with van der Waals surface area (Å²) in [4.78, 5) is 25.2. The molecule has 1 saturated carbocycles. The number of nitrogens with zero attached hydrogens (tertiary/aromatic N) is 4. The minimum Gasteiger partial charge on any atom is -0.383 e. The quantitative estimate of drug-likeness (QED) is 0.620. The molecule has 0 unspecified atom stereocenters. The third-order valence-electron chi connectivity index (χ3n) is 4.67. The van der Waals surface area contributed by atoms with Crippen LogP contribution in [0.1, 0.15) is 24.5 Å². The number of rotatable bonds is 7. The van der Waals surface area contributed by atoms with Crippen molar-refractivity contribution in [2.24, 2.45) is 0 Å². The molecule has 0 spiro atoms. The van der Waals surface area contributed by atoms with Gasteiger partial charge in [0.05, 0.1) is 24.2 Å². The highest BCUT2D eigenvalue weighted by Crippen LogP contribution is 2.41. The maximum atomic E-state index is 13.3. The number of fused-ring (bicyclic) bond motifs is 1. The lowest BCUT2D eigenvalue weighted by Gasteiger charge is -2.10. The first kappa shape index (κ1) is 18.3. The molecule has 1 aliphatic rings. The zero-order valence-electron chi connectivity index (χ0n) is 15.4. The Bertz CT molecular complexity index is 1070. The van der Waals surface area contributed by atoms with Crippen LogP contribution in [0.3, 0.4) is 0 Å². The second-order valence-electron chi connectivity index (χ2n) is 6.76. The number of methoxy groups -OCH3 is 1. The van der Waals surface area contributed by atoms with E-state index in [9.17, 15) is 14.0 Å². The van der Waals surface area contributed by atoms with Gasteiger partial charge in [0, 0.05) is 25.0 Å². The van der Waals surface area contributed by atoms with Gasteiger partial charge in [-0.1, -0.05) is 0 Å². The van der Waals surface area contributed by atoms with Crippen LogP contribution in [0.4, 0.5) is 4.39 Å². The normalized spacial score (nSPS) is 13.8. The van der Waals surface area contributed by atoms with Crippen LogP contribution in [0.5, 0.6) is 0 Å². The number of hydrogen-bond acceptors (Lipinski definition) is 5. The molecular weight excluding hydrogens is 365 g/mol. The van der Waals surface area contributed by atoms with Crippen molar-refractivity contribution < 1.29 is 13.9 Å². The zero-order valence-corrected chi connectivity index (χ0v) is 15.4. The van der Waals surface area contributed by atoms with Gasteiger partial charge in [-0.3, -0.25) is 9.59 Å². The standard InChI is InChI=1S/C19H20FN5O3/c1-28-9-8-21-16(26)11-24-19(27)18-15(17(23-24)12-2-3-12)10-22-25(18)14-6-4-13(20)5-7-14/h4-7,10,12H,2-3,8-9,11H2,1H3,(H,21,26). The zero-order chi connectivity index (χ0) is 19.7. The Balaban J connectivity index is 1.77. The lowest BCUT2D eigenvalue weighted by Crippen LogP contribution is -2.36. The summed E-state index contributed by atoms with van der Waals surface area (Å²) in [6.07, 6.45) is 3.59. The van der Waals surface area contributed by atoms with Crippen molar-refractivity contribution in [1.29, 1.82) is 0 Å². The van der Waals surface area contributed by atoms with Crippen LogP contribution in [0.2, 0.25) is 0 Å². The van der Waals surface area contributed by atoms with E-state index in [0.717, 1.165) is 18.5 Å². The molecule has 4 rings (SSSR count). The predicted molar refractivity (Wildman–Crippen MR) is 99.9 cm³/mol. The van der Waals surface area contributed by atoms with E-state index in [1.54, 1.807) is 25.4 Å². The van der Waals surface area contributed by atoms with E-state index >= 15 is 0 Å². The van der Waals surface area contributed by atoms with Gasteiger partial charge < -0.3 is 10.1 Å². The van der Waals surface area contributed by atoms with Crippen LogP contribution < -0.4 is 10.9 Å². The third kappa shape index (κ3) is 3.53. The van der Waals surface area contributed by atoms with E-state index in [1.807, 2.05) is 0 Å². The highest BCUT2D eigenvalue weighted by molar-refractivity contribution is 5.83. The Morgan fingerprint density at radius 2 is 2.07 bits per heavy atom. The summed E-state index contributed by atoms with van der Waals surface area (Å²) in [7, 11) is 1.55. The molecular formula is C19H20FN5O3. The molecule has 1 N–H and O–H groups in total. The first-order chi connectivity index (χ1) is 13.6. The fourth-order valence-electron chi connectivity index (χ4n) is 3.12. The lowest BCUT2D eigenvalue weighted by molar-refractivity contribution is -0.122. The lowest BCUT2D eigenvalue weighted by atomic mass is 10.2. The number of benzene rings is 1. The molecule has 146 valence electrons. The van der Waals surface area contributed by atoms with Crippen LogP contribution in [0.15, 0.2) is 35.3 Å². The Labute approximate surface area is 159 Å². The largest absolute Gasteiger partial charge is 0.383 e. The van der Waals surface area contributed by atoms with Crippen molar-refractivity contribution in [3.63, 3.8) is 0 Å². The van der Waals surface area contributed by atoms with Gasteiger partial charge in [0.2, 0.25) is 5.91 Å². The van der Waals surface area contributed by atoms with E-state index in [4.69, 9.17) is 4.74 Å². The molecule has 0 aliphatic heterocycles. The van der Waals surface area contributed by atoms with Crippen molar-refractivity contribution in [2.45, 2.75) is 25.3 Å². The van der Waals surface area contributed by atoms with Gasteiger partial charge in [-0.25, -0.2) is 13.8 Å². The second kappa shape index (κ2) is 7.51. The molecule has 1 aromatic carbocycles. The Morgan fingerprint density at radius 1 is 1.32 bits per heavy atom. The molecule has 9 heteroatoms. The molecule has 0 radical (unpaired) electrons. The summed E-state index contributed by atoms with van der Waals surface area (Å²) >= 11 is 0. The van der Waals surface area contributed by atoms with Crippen LogP contribution in [-0.4, -0.2) is 45.7 Å². The van der Waals surface area contributed by atoms with Crippen LogP contribution in [0.25, 0.3) is 16.6 Å². The summed E-state index contributed by atoms with van der Waals surface area (Å²) in [6.45, 7) is 0.555. The van der Waals surface area contributed by atoms with Gasteiger partial charge in [-0.2, -0.15) is 10.2 Å². The number of amides is 1. The highest BCUT2D eigenvalue weighted by Gasteiger charge is 2.30. The van der Waals surface area contributed by atoms with Gasteiger partial charge in [-0.05, 0) is 37.1 Å². The summed E-state index contributed by atoms with van der Waals surface area (Å²) in [5.74, 6) is -0.428. The number of carbonyl (C=O) groups excluding carboxylic acids is 1. The summed E-state index contributed by atoms with van der Waals surface area (Å²) in [5.41, 5.74) is 1.27. The van der Waals surface area contributed by atoms with Crippen LogP contribution in [0, 0.1) is 5.82 Å². The minimum absolute atomic E-state index is 0.188. The van der Waals surface area contributed by atoms with Crippen molar-refractivity contribution in [3.8, 4) is 5.69 Å². The molecule has 2 aromatic heterocycles. The average Bonchev–Trinajstić information content (AvgIpc) is 3.43. The van der Waals surface area contributed by atoms with Crippen molar-refractivity contribution in [3.05, 3.63) is 52.3 Å². The molecule has 1 aliphatic carbocycles. The van der Waals surface area contributed by atoms with E-state index in [1.165, 1.54) is 21.5 Å². The number of aromatic nitrogens is 4. The smallest absolute Gasteiger partial charge is 0.293 e. The maximum absolute atomic E-state index is 13.3. The first-order valence-corrected chi connectivity index (χ1v) is 9.09. The van der Waals surface area contributed by atoms with Crippen molar-refractivity contribution in [2.75, 3.05) is 20.3 Å². The SMILES string of the molecule is COCCNC(=O)Cn1nc(C2CC2)c2cnn(-c3ccc(F)cc3)c2c1=O. The summed E-state index contributed by atoms with van der Waals surface area (Å²) < 4.78 is 20.8. The van der Waals surface area contributed by atoms with E-state index < -0.39 is 5.56 Å². The molecule has 1 amide bonds. The molecule has 28 heavy (non-hydrogen) atoms. The number of hydrogen-bond donors (Lipinski definition) is 1. The fraction of sp³-hybridized carbons (Fsp3) is 0.368. The Morgan fingerprint density at radius 3 is 2.75 bits per heavy atom. The maximum Gasteiger partial charge on any atom is 0.293 e. The monoisotopic (exact) mass is 385 g/mol. The van der Waals surface area contributed by atoms with Gasteiger partial charge in [-0.15, -0.1) is 0 Å². The molecule has 0 atom stereocenters. The Kier molecular flexibility index (Phi) is 4.91. The summed E-state index contributed by atoms with van der Waals surface area (Å²) in [6, 6.07) is 5.74. The number of halogens is 1. The third-order valence-corrected chi connectivity index (χ3v) is 4.67. The molecule has 0 bridgehead atoms. The molecule has 1 fully saturated rings. The Hall–Kier alpha value is -3.07. The highest BCUT2D eigenvalue weighted by atomic mass is 19.1. The number of nitrogens with one attached hydrogen (secondary N) is 1. The topological polar surface area (TPSA) is 91.0 Å². The molecule has 8 nitrogen and oxygen atoms in total. The van der Waals surface area contributed by atoms with Crippen molar-refractivity contribution >= 4 is 16.8 Å².